The molecule has 0 aromatic heterocycles. The van der Waals surface area contributed by atoms with E-state index in [-0.39, 0.29) is 18.5 Å². The average Bonchev–Trinajstić information content (AvgIpc) is 2.82. The molecule has 3 amide bonds. The van der Waals surface area contributed by atoms with Gasteiger partial charge < -0.3 is 20.6 Å². The number of carbonyl (C=O) groups is 3. The van der Waals surface area contributed by atoms with Crippen LogP contribution in [0, 0.1) is 11.3 Å². The van der Waals surface area contributed by atoms with Crippen molar-refractivity contribution in [2.45, 2.75) is 26.7 Å². The number of amides is 3. The maximum absolute atomic E-state index is 12.0. The molecule has 2 unspecified atom stereocenters. The smallest absolute Gasteiger partial charge is 0.317 e. The summed E-state index contributed by atoms with van der Waals surface area (Å²) < 4.78 is 0. The quantitative estimate of drug-likeness (QED) is 0.675. The van der Waals surface area contributed by atoms with Gasteiger partial charge in [-0.3, -0.25) is 9.59 Å². The van der Waals surface area contributed by atoms with Crippen molar-refractivity contribution in [1.29, 1.82) is 0 Å². The zero-order chi connectivity index (χ0) is 15.3. The number of hydrogen-bond donors (Lipinski definition) is 3. The monoisotopic (exact) mass is 285 g/mol. The van der Waals surface area contributed by atoms with Crippen molar-refractivity contribution in [1.82, 2.24) is 15.5 Å². The van der Waals surface area contributed by atoms with Crippen molar-refractivity contribution < 1.29 is 19.5 Å². The SMILES string of the molecule is CCC(CNC(=O)N1CCC(C)(C(=O)NC)C1)C(=O)O. The number of carboxylic acid groups (broad SMARTS) is 1. The van der Waals surface area contributed by atoms with Gasteiger partial charge in [0.05, 0.1) is 11.3 Å². The van der Waals surface area contributed by atoms with E-state index in [2.05, 4.69) is 10.6 Å². The second-order valence-corrected chi connectivity index (χ2v) is 5.44. The fraction of sp³-hybridized carbons (Fsp3) is 0.769. The van der Waals surface area contributed by atoms with E-state index in [0.717, 1.165) is 0 Å². The lowest BCUT2D eigenvalue weighted by molar-refractivity contribution is -0.141. The minimum Gasteiger partial charge on any atom is -0.481 e. The average molecular weight is 285 g/mol. The van der Waals surface area contributed by atoms with Gasteiger partial charge in [-0.25, -0.2) is 4.79 Å². The van der Waals surface area contributed by atoms with Gasteiger partial charge in [0.25, 0.3) is 0 Å². The van der Waals surface area contributed by atoms with Crippen molar-refractivity contribution in [3.63, 3.8) is 0 Å². The Balaban J connectivity index is 2.50. The molecule has 0 spiro atoms. The summed E-state index contributed by atoms with van der Waals surface area (Å²) in [6, 6.07) is -0.308. The van der Waals surface area contributed by atoms with E-state index in [9.17, 15) is 14.4 Å². The van der Waals surface area contributed by atoms with Crippen LogP contribution in [0.3, 0.4) is 0 Å². The number of aliphatic carboxylic acids is 1. The van der Waals surface area contributed by atoms with Crippen molar-refractivity contribution in [2.75, 3.05) is 26.7 Å². The van der Waals surface area contributed by atoms with E-state index in [1.807, 2.05) is 6.92 Å². The zero-order valence-electron chi connectivity index (χ0n) is 12.2. The third kappa shape index (κ3) is 3.61. The number of nitrogens with one attached hydrogen (secondary N) is 2. The van der Waals surface area contributed by atoms with Crippen LogP contribution in [0.2, 0.25) is 0 Å². The minimum absolute atomic E-state index is 0.0789. The molecule has 114 valence electrons. The second kappa shape index (κ2) is 6.58. The standard InChI is InChI=1S/C13H23N3O4/c1-4-9(10(17)18)7-15-12(20)16-6-5-13(2,8-16)11(19)14-3/h9H,4-8H2,1-3H3,(H,14,19)(H,15,20)(H,17,18). The van der Waals surface area contributed by atoms with E-state index >= 15 is 0 Å². The summed E-state index contributed by atoms with van der Waals surface area (Å²) in [5.74, 6) is -1.57. The summed E-state index contributed by atoms with van der Waals surface area (Å²) in [6.45, 7) is 4.55. The Hall–Kier alpha value is -1.79. The predicted octanol–water partition coefficient (Wildman–Crippen LogP) is 0.265. The molecule has 0 saturated carbocycles. The Morgan fingerprint density at radius 3 is 2.55 bits per heavy atom. The van der Waals surface area contributed by atoms with Gasteiger partial charge in [0.15, 0.2) is 0 Å². The Labute approximate surface area is 118 Å². The van der Waals surface area contributed by atoms with Crippen molar-refractivity contribution in [2.24, 2.45) is 11.3 Å². The molecule has 1 fully saturated rings. The van der Waals surface area contributed by atoms with E-state index in [4.69, 9.17) is 5.11 Å². The topological polar surface area (TPSA) is 98.7 Å². The highest BCUT2D eigenvalue weighted by atomic mass is 16.4. The van der Waals surface area contributed by atoms with Crippen LogP contribution < -0.4 is 10.6 Å². The first-order valence-electron chi connectivity index (χ1n) is 6.81. The summed E-state index contributed by atoms with van der Waals surface area (Å²) in [5.41, 5.74) is -0.566. The molecule has 1 rings (SSSR count). The Morgan fingerprint density at radius 2 is 2.05 bits per heavy atom. The lowest BCUT2D eigenvalue weighted by Gasteiger charge is -2.23. The number of rotatable bonds is 5. The van der Waals surface area contributed by atoms with Crippen LogP contribution in [0.4, 0.5) is 4.79 Å². The summed E-state index contributed by atoms with van der Waals surface area (Å²) in [6.07, 6.45) is 1.07. The van der Waals surface area contributed by atoms with Crippen LogP contribution in [-0.4, -0.2) is 54.6 Å². The lowest BCUT2D eigenvalue weighted by Crippen LogP contribution is -2.44. The first-order valence-corrected chi connectivity index (χ1v) is 6.81. The molecule has 0 aromatic rings. The first-order chi connectivity index (χ1) is 9.34. The summed E-state index contributed by atoms with van der Waals surface area (Å²) in [4.78, 5) is 36.2. The Morgan fingerprint density at radius 1 is 1.40 bits per heavy atom. The van der Waals surface area contributed by atoms with Gasteiger partial charge in [0.2, 0.25) is 5.91 Å². The summed E-state index contributed by atoms with van der Waals surface area (Å²) in [7, 11) is 1.58. The number of likely N-dealkylation sites (tertiary alicyclic amines) is 1. The fourth-order valence-corrected chi connectivity index (χ4v) is 2.35. The Kier molecular flexibility index (Phi) is 5.35. The molecule has 2 atom stereocenters. The highest BCUT2D eigenvalue weighted by Gasteiger charge is 2.41. The van der Waals surface area contributed by atoms with Gasteiger partial charge in [0.1, 0.15) is 0 Å². The highest BCUT2D eigenvalue weighted by Crippen LogP contribution is 2.29. The van der Waals surface area contributed by atoms with Gasteiger partial charge in [0, 0.05) is 26.7 Å². The van der Waals surface area contributed by atoms with Gasteiger partial charge >= 0.3 is 12.0 Å². The van der Waals surface area contributed by atoms with Crippen molar-refractivity contribution in [3.8, 4) is 0 Å². The maximum atomic E-state index is 12.0. The van der Waals surface area contributed by atoms with Crippen LogP contribution in [0.15, 0.2) is 0 Å². The van der Waals surface area contributed by atoms with E-state index in [1.54, 1.807) is 18.9 Å². The largest absolute Gasteiger partial charge is 0.481 e. The van der Waals surface area contributed by atoms with Crippen molar-refractivity contribution in [3.05, 3.63) is 0 Å². The van der Waals surface area contributed by atoms with E-state index < -0.39 is 17.3 Å². The molecule has 0 aliphatic carbocycles. The van der Waals surface area contributed by atoms with Crippen molar-refractivity contribution >= 4 is 17.9 Å². The number of carboxylic acids is 1. The molecule has 1 aliphatic heterocycles. The molecule has 1 saturated heterocycles. The second-order valence-electron chi connectivity index (χ2n) is 5.44. The minimum atomic E-state index is -0.913. The molecule has 7 heteroatoms. The molecular formula is C13H23N3O4. The molecule has 0 bridgehead atoms. The number of urea groups is 1. The molecule has 7 nitrogen and oxygen atoms in total. The maximum Gasteiger partial charge on any atom is 0.317 e. The normalized spacial score (nSPS) is 23.2. The van der Waals surface area contributed by atoms with E-state index in [0.29, 0.717) is 25.9 Å². The molecule has 0 aromatic carbocycles. The van der Waals surface area contributed by atoms with E-state index in [1.165, 1.54) is 0 Å². The van der Waals surface area contributed by atoms with Crippen LogP contribution in [0.25, 0.3) is 0 Å². The van der Waals surface area contributed by atoms with Gasteiger partial charge in [-0.2, -0.15) is 0 Å². The molecule has 20 heavy (non-hydrogen) atoms. The molecule has 1 heterocycles. The van der Waals surface area contributed by atoms with Gasteiger partial charge in [-0.15, -0.1) is 0 Å². The molecule has 1 aliphatic rings. The van der Waals surface area contributed by atoms with Crippen LogP contribution in [-0.2, 0) is 9.59 Å². The number of carbonyl (C=O) groups excluding carboxylic acids is 2. The predicted molar refractivity (Wildman–Crippen MR) is 73.2 cm³/mol. The third-order valence-corrected chi connectivity index (χ3v) is 3.88. The number of nitrogens with zero attached hydrogens (tertiary/aromatic N) is 1. The fourth-order valence-electron chi connectivity index (χ4n) is 2.35. The lowest BCUT2D eigenvalue weighted by atomic mass is 9.89. The van der Waals surface area contributed by atoms with Crippen LogP contribution >= 0.6 is 0 Å². The summed E-state index contributed by atoms with van der Waals surface area (Å²) in [5, 5.41) is 14.2. The summed E-state index contributed by atoms with van der Waals surface area (Å²) >= 11 is 0. The molecule has 3 N–H and O–H groups in total. The Bertz CT molecular complexity index is 399. The highest BCUT2D eigenvalue weighted by molar-refractivity contribution is 5.84. The molecular weight excluding hydrogens is 262 g/mol. The zero-order valence-corrected chi connectivity index (χ0v) is 12.2. The van der Waals surface area contributed by atoms with Gasteiger partial charge in [-0.1, -0.05) is 6.92 Å². The first kappa shape index (κ1) is 16.3. The molecule has 0 radical (unpaired) electrons. The third-order valence-electron chi connectivity index (χ3n) is 3.88. The number of hydrogen-bond acceptors (Lipinski definition) is 3. The van der Waals surface area contributed by atoms with Crippen LogP contribution in [0.5, 0.6) is 0 Å². The van der Waals surface area contributed by atoms with Crippen LogP contribution in [0.1, 0.15) is 26.7 Å². The van der Waals surface area contributed by atoms with Gasteiger partial charge in [-0.05, 0) is 19.8 Å².